The number of carboxylic acid groups (broad SMARTS) is 1. The molecule has 11 heteroatoms. The lowest BCUT2D eigenvalue weighted by atomic mass is 9.88. The second kappa shape index (κ2) is 9.62. The van der Waals surface area contributed by atoms with E-state index < -0.39 is 40.8 Å². The molecule has 2 rings (SSSR count). The van der Waals surface area contributed by atoms with Crippen LogP contribution in [0, 0.1) is 10.1 Å². The molecule has 1 aromatic carbocycles. The van der Waals surface area contributed by atoms with Crippen LogP contribution in [-0.2, 0) is 23.9 Å². The second-order valence-electron chi connectivity index (χ2n) is 6.45. The SMILES string of the molecule is CCOC(=O)C[C@H](c1ccc([N+](=O)[O-])cc1)[C@@H](NC(=O)[C@H]1CCC(=O)N1)C(=O)O. The highest BCUT2D eigenvalue weighted by Crippen LogP contribution is 2.27. The fraction of sp³-hybridized carbons (Fsp3) is 0.444. The van der Waals surface area contributed by atoms with E-state index in [1.807, 2.05) is 0 Å². The van der Waals surface area contributed by atoms with Gasteiger partial charge in [-0.15, -0.1) is 0 Å². The van der Waals surface area contributed by atoms with Crippen LogP contribution in [0.5, 0.6) is 0 Å². The minimum absolute atomic E-state index is 0.0873. The lowest BCUT2D eigenvalue weighted by Gasteiger charge is -2.26. The Bertz CT molecular complexity index is 808. The van der Waals surface area contributed by atoms with Crippen molar-refractivity contribution < 1.29 is 33.9 Å². The number of rotatable bonds is 9. The molecule has 0 spiro atoms. The topological polar surface area (TPSA) is 165 Å². The Morgan fingerprint density at radius 1 is 1.34 bits per heavy atom. The van der Waals surface area contributed by atoms with Crippen molar-refractivity contribution in [1.29, 1.82) is 0 Å². The summed E-state index contributed by atoms with van der Waals surface area (Å²) in [6, 6.07) is 2.68. The van der Waals surface area contributed by atoms with Gasteiger partial charge in [-0.1, -0.05) is 12.1 Å². The predicted octanol–water partition coefficient (Wildman–Crippen LogP) is 0.480. The summed E-state index contributed by atoms with van der Waals surface area (Å²) in [7, 11) is 0. The summed E-state index contributed by atoms with van der Waals surface area (Å²) in [5.41, 5.74) is 0.111. The zero-order valence-electron chi connectivity index (χ0n) is 15.6. The smallest absolute Gasteiger partial charge is 0.326 e. The maximum atomic E-state index is 12.4. The van der Waals surface area contributed by atoms with Gasteiger partial charge in [0.05, 0.1) is 18.0 Å². The summed E-state index contributed by atoms with van der Waals surface area (Å²) in [4.78, 5) is 57.9. The average Bonchev–Trinajstić information content (AvgIpc) is 3.11. The number of hydrogen-bond acceptors (Lipinski definition) is 7. The molecule has 0 bridgehead atoms. The van der Waals surface area contributed by atoms with Gasteiger partial charge in [0.25, 0.3) is 5.69 Å². The molecular weight excluding hydrogens is 386 g/mol. The van der Waals surface area contributed by atoms with E-state index in [1.165, 1.54) is 24.3 Å². The number of nitro benzene ring substituents is 1. The van der Waals surface area contributed by atoms with Gasteiger partial charge in [-0.05, 0) is 18.9 Å². The number of nitro groups is 1. The van der Waals surface area contributed by atoms with Crippen LogP contribution < -0.4 is 10.6 Å². The molecule has 156 valence electrons. The first kappa shape index (κ1) is 21.8. The van der Waals surface area contributed by atoms with Crippen LogP contribution in [0.4, 0.5) is 5.69 Å². The molecule has 1 saturated heterocycles. The molecule has 1 fully saturated rings. The lowest BCUT2D eigenvalue weighted by Crippen LogP contribution is -2.51. The van der Waals surface area contributed by atoms with Crippen molar-refractivity contribution in [3.63, 3.8) is 0 Å². The Labute approximate surface area is 165 Å². The highest BCUT2D eigenvalue weighted by Gasteiger charge is 2.36. The van der Waals surface area contributed by atoms with Gasteiger partial charge in [0.2, 0.25) is 11.8 Å². The third-order valence-electron chi connectivity index (χ3n) is 4.50. The van der Waals surface area contributed by atoms with E-state index in [0.29, 0.717) is 5.56 Å². The van der Waals surface area contributed by atoms with Crippen LogP contribution in [0.2, 0.25) is 0 Å². The molecule has 29 heavy (non-hydrogen) atoms. The maximum Gasteiger partial charge on any atom is 0.326 e. The quantitative estimate of drug-likeness (QED) is 0.302. The van der Waals surface area contributed by atoms with Gasteiger partial charge in [-0.2, -0.15) is 0 Å². The van der Waals surface area contributed by atoms with Crippen molar-refractivity contribution in [2.45, 2.75) is 44.2 Å². The van der Waals surface area contributed by atoms with E-state index in [-0.39, 0.29) is 37.5 Å². The van der Waals surface area contributed by atoms with Crippen LogP contribution in [0.1, 0.15) is 37.7 Å². The van der Waals surface area contributed by atoms with E-state index in [4.69, 9.17) is 4.74 Å². The van der Waals surface area contributed by atoms with Crippen molar-refractivity contribution in [3.8, 4) is 0 Å². The summed E-state index contributed by atoms with van der Waals surface area (Å²) in [5, 5.41) is 25.3. The molecule has 1 aromatic rings. The molecule has 0 aromatic heterocycles. The Balaban J connectivity index is 2.30. The van der Waals surface area contributed by atoms with E-state index in [2.05, 4.69) is 10.6 Å². The summed E-state index contributed by atoms with van der Waals surface area (Å²) < 4.78 is 4.89. The molecule has 0 saturated carbocycles. The minimum Gasteiger partial charge on any atom is -0.480 e. The van der Waals surface area contributed by atoms with Gasteiger partial charge in [0.15, 0.2) is 0 Å². The molecule has 0 aliphatic carbocycles. The van der Waals surface area contributed by atoms with Crippen LogP contribution >= 0.6 is 0 Å². The van der Waals surface area contributed by atoms with Crippen molar-refractivity contribution in [2.75, 3.05) is 6.61 Å². The van der Waals surface area contributed by atoms with Crippen LogP contribution in [-0.4, -0.2) is 52.5 Å². The molecule has 0 radical (unpaired) electrons. The number of ether oxygens (including phenoxy) is 1. The van der Waals surface area contributed by atoms with Gasteiger partial charge in [-0.3, -0.25) is 24.5 Å². The van der Waals surface area contributed by atoms with Crippen molar-refractivity contribution in [3.05, 3.63) is 39.9 Å². The predicted molar refractivity (Wildman–Crippen MR) is 97.8 cm³/mol. The molecule has 11 nitrogen and oxygen atoms in total. The monoisotopic (exact) mass is 407 g/mol. The van der Waals surface area contributed by atoms with E-state index in [0.717, 1.165) is 0 Å². The van der Waals surface area contributed by atoms with Crippen LogP contribution in [0.25, 0.3) is 0 Å². The number of amides is 2. The Morgan fingerprint density at radius 3 is 2.48 bits per heavy atom. The summed E-state index contributed by atoms with van der Waals surface area (Å²) in [5.74, 6) is -4.09. The summed E-state index contributed by atoms with van der Waals surface area (Å²) in [6.07, 6.45) is 0.0292. The van der Waals surface area contributed by atoms with Crippen molar-refractivity contribution in [1.82, 2.24) is 10.6 Å². The number of benzene rings is 1. The number of nitrogens with zero attached hydrogens (tertiary/aromatic N) is 1. The fourth-order valence-corrected chi connectivity index (χ4v) is 3.07. The van der Waals surface area contributed by atoms with Gasteiger partial charge in [0, 0.05) is 24.5 Å². The van der Waals surface area contributed by atoms with Crippen molar-refractivity contribution in [2.24, 2.45) is 0 Å². The number of carboxylic acids is 1. The normalized spacial score (nSPS) is 17.7. The molecule has 1 aliphatic rings. The average molecular weight is 407 g/mol. The summed E-state index contributed by atoms with van der Waals surface area (Å²) >= 11 is 0. The molecule has 1 heterocycles. The Kier molecular flexibility index (Phi) is 7.23. The largest absolute Gasteiger partial charge is 0.480 e. The number of esters is 1. The minimum atomic E-state index is -1.51. The number of nitrogens with one attached hydrogen (secondary N) is 2. The molecule has 2 amide bonds. The lowest BCUT2D eigenvalue weighted by molar-refractivity contribution is -0.384. The Hall–Kier alpha value is -3.50. The maximum absolute atomic E-state index is 12.4. The van der Waals surface area contributed by atoms with Crippen LogP contribution in [0.3, 0.4) is 0 Å². The van der Waals surface area contributed by atoms with E-state index >= 15 is 0 Å². The Morgan fingerprint density at radius 2 is 2.00 bits per heavy atom. The number of carbonyl (C=O) groups excluding carboxylic acids is 3. The fourth-order valence-electron chi connectivity index (χ4n) is 3.07. The molecular formula is C18H21N3O8. The first-order valence-corrected chi connectivity index (χ1v) is 8.95. The van der Waals surface area contributed by atoms with Gasteiger partial charge in [0.1, 0.15) is 12.1 Å². The number of carbonyl (C=O) groups is 4. The van der Waals surface area contributed by atoms with Crippen LogP contribution in [0.15, 0.2) is 24.3 Å². The molecule has 1 aliphatic heterocycles. The number of hydrogen-bond donors (Lipinski definition) is 3. The van der Waals surface area contributed by atoms with E-state index in [1.54, 1.807) is 6.92 Å². The number of aliphatic carboxylic acids is 1. The van der Waals surface area contributed by atoms with Crippen molar-refractivity contribution >= 4 is 29.4 Å². The standard InChI is InChI=1S/C18H21N3O8/c1-2-29-15(23)9-12(10-3-5-11(6-4-10)21(27)28)16(18(25)26)20-17(24)13-7-8-14(22)19-13/h3-6,12-13,16H,2,7-9H2,1H3,(H,19,22)(H,20,24)(H,25,26)/t12-,13-,16-/m1/s1. The second-order valence-corrected chi connectivity index (χ2v) is 6.45. The molecule has 3 N–H and O–H groups in total. The zero-order valence-corrected chi connectivity index (χ0v) is 15.6. The zero-order chi connectivity index (χ0) is 21.6. The first-order chi connectivity index (χ1) is 13.7. The van der Waals surface area contributed by atoms with E-state index in [9.17, 15) is 34.4 Å². The first-order valence-electron chi connectivity index (χ1n) is 8.95. The number of non-ortho nitro benzene ring substituents is 1. The van der Waals surface area contributed by atoms with Gasteiger partial charge in [-0.25, -0.2) is 4.79 Å². The third kappa shape index (κ3) is 5.74. The third-order valence-corrected chi connectivity index (χ3v) is 4.50. The molecule has 3 atom stereocenters. The van der Waals surface area contributed by atoms with Gasteiger partial charge < -0.3 is 20.5 Å². The molecule has 0 unspecified atom stereocenters. The highest BCUT2D eigenvalue weighted by molar-refractivity contribution is 5.93. The summed E-state index contributed by atoms with van der Waals surface area (Å²) in [6.45, 7) is 1.68. The highest BCUT2D eigenvalue weighted by atomic mass is 16.6. The van der Waals surface area contributed by atoms with Gasteiger partial charge >= 0.3 is 11.9 Å².